The fourth-order valence-corrected chi connectivity index (χ4v) is 4.95. The maximum absolute atomic E-state index is 12.2. The van der Waals surface area contributed by atoms with Gasteiger partial charge in [-0.25, -0.2) is 4.79 Å². The number of ether oxygens (including phenoxy) is 1. The summed E-state index contributed by atoms with van der Waals surface area (Å²) >= 11 is -2.69. The zero-order valence-electron chi connectivity index (χ0n) is 18.3. The summed E-state index contributed by atoms with van der Waals surface area (Å²) in [6.45, 7) is 0. The fourth-order valence-electron chi connectivity index (χ4n) is 4.36. The third-order valence-electron chi connectivity index (χ3n) is 6.07. The number of aromatic nitrogens is 1. The number of anilines is 2. The highest BCUT2D eigenvalue weighted by atomic mass is 32.2. The van der Waals surface area contributed by atoms with Crippen LogP contribution in [0.25, 0.3) is 11.1 Å². The zero-order valence-corrected chi connectivity index (χ0v) is 19.1. The molecule has 33 heavy (non-hydrogen) atoms. The van der Waals surface area contributed by atoms with Crippen molar-refractivity contribution in [3.63, 3.8) is 0 Å². The number of carbonyl (C=O) groups is 1. The van der Waals surface area contributed by atoms with Crippen LogP contribution in [-0.4, -0.2) is 31.9 Å². The van der Waals surface area contributed by atoms with Gasteiger partial charge in [0.1, 0.15) is 5.75 Å². The molecule has 1 heterocycles. The van der Waals surface area contributed by atoms with Crippen LogP contribution in [-0.2, 0) is 11.3 Å². The van der Waals surface area contributed by atoms with Gasteiger partial charge in [0.2, 0.25) is 0 Å². The molecule has 1 fully saturated rings. The van der Waals surface area contributed by atoms with Crippen LogP contribution >= 0.6 is 0 Å². The average Bonchev–Trinajstić information content (AvgIpc) is 2.85. The Morgan fingerprint density at radius 1 is 1.06 bits per heavy atom. The van der Waals surface area contributed by atoms with Crippen molar-refractivity contribution in [2.24, 2.45) is 0 Å². The molecule has 0 saturated heterocycles. The first kappa shape index (κ1) is 22.9. The molecule has 0 bridgehead atoms. The van der Waals surface area contributed by atoms with Gasteiger partial charge in [0.15, 0.2) is 0 Å². The largest absolute Gasteiger partial charge is 0.755 e. The van der Waals surface area contributed by atoms with E-state index in [2.05, 4.69) is 17.1 Å². The number of pyridine rings is 1. The van der Waals surface area contributed by atoms with Gasteiger partial charge < -0.3 is 14.4 Å². The summed E-state index contributed by atoms with van der Waals surface area (Å²) in [6.07, 6.45) is 9.45. The molecule has 172 valence electrons. The summed E-state index contributed by atoms with van der Waals surface area (Å²) in [5.74, 6) is -0.395. The van der Waals surface area contributed by atoms with Crippen LogP contribution in [0.2, 0.25) is 0 Å². The quantitative estimate of drug-likeness (QED) is 0.466. The molecule has 0 amide bonds. The van der Waals surface area contributed by atoms with E-state index in [-0.39, 0.29) is 17.0 Å². The number of aromatic carboxylic acids is 1. The molecule has 2 aromatic carbocycles. The molecule has 0 aliphatic heterocycles. The number of nitrogens with zero attached hydrogens (tertiary/aromatic N) is 2. The van der Waals surface area contributed by atoms with Crippen LogP contribution in [0.4, 0.5) is 11.4 Å². The van der Waals surface area contributed by atoms with Crippen LogP contribution < -0.4 is 9.04 Å². The van der Waals surface area contributed by atoms with Gasteiger partial charge in [0, 0.05) is 11.8 Å². The van der Waals surface area contributed by atoms with Gasteiger partial charge in [0.25, 0.3) is 0 Å². The molecular formula is C25H25N2O5S-. The second-order valence-electron chi connectivity index (χ2n) is 8.09. The van der Waals surface area contributed by atoms with Crippen molar-refractivity contribution in [2.45, 2.75) is 38.0 Å². The maximum Gasteiger partial charge on any atom is 0.335 e. The molecule has 4 rings (SSSR count). The summed E-state index contributed by atoms with van der Waals surface area (Å²) in [4.78, 5) is 15.5. The highest BCUT2D eigenvalue weighted by Gasteiger charge is 2.19. The minimum Gasteiger partial charge on any atom is -0.755 e. The lowest BCUT2D eigenvalue weighted by molar-refractivity contribution is 0.0696. The Hall–Kier alpha value is -3.23. The lowest BCUT2D eigenvalue weighted by atomic mass is 9.84. The van der Waals surface area contributed by atoms with Gasteiger partial charge in [-0.15, -0.1) is 0 Å². The Labute approximate surface area is 195 Å². The number of hydrogen-bond acceptors (Lipinski definition) is 5. The highest BCUT2D eigenvalue weighted by Crippen LogP contribution is 2.37. The van der Waals surface area contributed by atoms with E-state index < -0.39 is 17.2 Å². The lowest BCUT2D eigenvalue weighted by Crippen LogP contribution is -2.20. The van der Waals surface area contributed by atoms with Gasteiger partial charge in [-0.05, 0) is 54.2 Å². The van der Waals surface area contributed by atoms with E-state index in [4.69, 9.17) is 4.74 Å². The number of carboxylic acid groups (broad SMARTS) is 1. The average molecular weight is 466 g/mol. The normalized spacial score (nSPS) is 15.1. The van der Waals surface area contributed by atoms with Gasteiger partial charge in [-0.3, -0.25) is 13.5 Å². The SMILES string of the molecule is COc1cc(C(=O)O)ccc1N(c1cncc(-c2ccc(C3CCCCC3)cc2)c1)S(=O)[O-]. The monoisotopic (exact) mass is 465 g/mol. The van der Waals surface area contributed by atoms with Crippen LogP contribution in [0.1, 0.15) is 53.9 Å². The Morgan fingerprint density at radius 3 is 2.42 bits per heavy atom. The molecule has 1 N–H and O–H groups in total. The topological polar surface area (TPSA) is 103 Å². The van der Waals surface area contributed by atoms with Gasteiger partial charge in [-0.1, -0.05) is 43.5 Å². The third-order valence-corrected chi connectivity index (χ3v) is 6.78. The molecule has 1 saturated carbocycles. The summed E-state index contributed by atoms with van der Waals surface area (Å²) in [5.41, 5.74) is 3.57. The maximum atomic E-state index is 12.2. The summed E-state index contributed by atoms with van der Waals surface area (Å²) in [5, 5.41) is 9.22. The number of carboxylic acids is 1. The van der Waals surface area contributed by atoms with Gasteiger partial charge >= 0.3 is 5.97 Å². The van der Waals surface area contributed by atoms with Crippen LogP contribution in [0.15, 0.2) is 60.9 Å². The first-order valence-electron chi connectivity index (χ1n) is 10.8. The first-order valence-corrected chi connectivity index (χ1v) is 11.9. The van der Waals surface area contributed by atoms with Crippen molar-refractivity contribution < 1.29 is 23.4 Å². The summed E-state index contributed by atoms with van der Waals surface area (Å²) < 4.78 is 30.7. The second-order valence-corrected chi connectivity index (χ2v) is 8.89. The van der Waals surface area contributed by atoms with Crippen LogP contribution in [0, 0.1) is 0 Å². The predicted molar refractivity (Wildman–Crippen MR) is 127 cm³/mol. The van der Waals surface area contributed by atoms with Crippen molar-refractivity contribution in [3.8, 4) is 16.9 Å². The van der Waals surface area contributed by atoms with Crippen molar-refractivity contribution in [2.75, 3.05) is 11.4 Å². The van der Waals surface area contributed by atoms with Crippen LogP contribution in [0.5, 0.6) is 5.75 Å². The van der Waals surface area contributed by atoms with Gasteiger partial charge in [-0.2, -0.15) is 0 Å². The third kappa shape index (κ3) is 5.07. The Bertz CT molecular complexity index is 1160. The number of rotatable bonds is 7. The number of methoxy groups -OCH3 is 1. The minimum absolute atomic E-state index is 0.00263. The van der Waals surface area contributed by atoms with Crippen LogP contribution in [0.3, 0.4) is 0 Å². The highest BCUT2D eigenvalue weighted by molar-refractivity contribution is 7.81. The Kier molecular flexibility index (Phi) is 7.05. The van der Waals surface area contributed by atoms with E-state index in [1.54, 1.807) is 12.3 Å². The number of hydrogen-bond donors (Lipinski definition) is 1. The molecule has 1 aliphatic rings. The summed E-state index contributed by atoms with van der Waals surface area (Å²) in [6, 6.07) is 14.2. The lowest BCUT2D eigenvalue weighted by Gasteiger charge is -2.28. The van der Waals surface area contributed by atoms with Crippen molar-refractivity contribution in [1.29, 1.82) is 0 Å². The molecule has 0 spiro atoms. The van der Waals surface area contributed by atoms with Crippen molar-refractivity contribution >= 4 is 28.6 Å². The fraction of sp³-hybridized carbons (Fsp3) is 0.280. The molecule has 1 atom stereocenters. The van der Waals surface area contributed by atoms with E-state index in [0.717, 1.165) is 15.4 Å². The molecule has 0 radical (unpaired) electrons. The number of benzene rings is 2. The van der Waals surface area contributed by atoms with E-state index in [0.29, 0.717) is 11.6 Å². The van der Waals surface area contributed by atoms with Crippen molar-refractivity contribution in [1.82, 2.24) is 4.98 Å². The molecular weight excluding hydrogens is 440 g/mol. The van der Waals surface area contributed by atoms with Crippen molar-refractivity contribution in [3.05, 3.63) is 72.1 Å². The first-order chi connectivity index (χ1) is 16.0. The van der Waals surface area contributed by atoms with Gasteiger partial charge in [0.05, 0.1) is 41.5 Å². The minimum atomic E-state index is -2.69. The van der Waals surface area contributed by atoms with E-state index in [1.807, 2.05) is 12.1 Å². The standard InChI is InChI=1S/C25H26N2O5S/c1-32-24-14-20(25(28)29)11-12-23(24)27(33(30)31)22-13-21(15-26-16-22)19-9-7-18(8-10-19)17-5-3-2-4-6-17/h7-17H,2-6H2,1H3,(H,28,29)(H,30,31)/p-1. The zero-order chi connectivity index (χ0) is 23.4. The smallest absolute Gasteiger partial charge is 0.335 e. The molecule has 3 aromatic rings. The molecule has 1 aliphatic carbocycles. The summed E-state index contributed by atoms with van der Waals surface area (Å²) in [7, 11) is 1.36. The molecule has 1 unspecified atom stereocenters. The Morgan fingerprint density at radius 2 is 1.79 bits per heavy atom. The molecule has 1 aromatic heterocycles. The predicted octanol–water partition coefficient (Wildman–Crippen LogP) is 5.44. The molecule has 8 heteroatoms. The van der Waals surface area contributed by atoms with E-state index >= 15 is 0 Å². The molecule has 7 nitrogen and oxygen atoms in total. The second kappa shape index (κ2) is 10.1. The van der Waals surface area contributed by atoms with E-state index in [1.165, 1.54) is 69.2 Å². The van der Waals surface area contributed by atoms with E-state index in [9.17, 15) is 18.7 Å². The Balaban J connectivity index is 1.67.